The van der Waals surface area contributed by atoms with Gasteiger partial charge in [0.15, 0.2) is 0 Å². The van der Waals surface area contributed by atoms with Gasteiger partial charge in [-0.1, -0.05) is 34.8 Å². The fraction of sp³-hybridized carbons (Fsp3) is 0.176. The van der Waals surface area contributed by atoms with Crippen molar-refractivity contribution in [3.8, 4) is 0 Å². The summed E-state index contributed by atoms with van der Waals surface area (Å²) in [6.45, 7) is 1.72. The summed E-state index contributed by atoms with van der Waals surface area (Å²) in [5, 5.41) is 6.48. The van der Waals surface area contributed by atoms with E-state index in [1.165, 1.54) is 11.8 Å². The number of hydrogen-bond acceptors (Lipinski definition) is 3. The summed E-state index contributed by atoms with van der Waals surface area (Å²) in [6, 6.07) is 11.6. The van der Waals surface area contributed by atoms with Gasteiger partial charge >= 0.3 is 0 Å². The van der Waals surface area contributed by atoms with E-state index >= 15 is 0 Å². The van der Waals surface area contributed by atoms with Crippen molar-refractivity contribution in [1.29, 1.82) is 0 Å². The second kappa shape index (κ2) is 9.34. The molecule has 4 nitrogen and oxygen atoms in total. The molecule has 132 valence electrons. The van der Waals surface area contributed by atoms with Gasteiger partial charge in [-0.3, -0.25) is 9.59 Å². The van der Waals surface area contributed by atoms with Crippen molar-refractivity contribution in [1.82, 2.24) is 0 Å². The summed E-state index contributed by atoms with van der Waals surface area (Å²) in [4.78, 5) is 24.2. The Bertz CT molecular complexity index is 769. The van der Waals surface area contributed by atoms with Gasteiger partial charge in [0.2, 0.25) is 11.8 Å². The first-order valence-corrected chi connectivity index (χ1v) is 9.46. The minimum Gasteiger partial charge on any atom is -0.325 e. The number of amides is 2. The van der Waals surface area contributed by atoms with Gasteiger partial charge in [0, 0.05) is 15.7 Å². The van der Waals surface area contributed by atoms with Crippen LogP contribution in [0.15, 0.2) is 42.5 Å². The second-order valence-electron chi connectivity index (χ2n) is 5.12. The average molecular weight is 418 g/mol. The summed E-state index contributed by atoms with van der Waals surface area (Å²) >= 11 is 18.9. The van der Waals surface area contributed by atoms with Gasteiger partial charge < -0.3 is 10.6 Å². The molecule has 0 aliphatic carbocycles. The van der Waals surface area contributed by atoms with Crippen LogP contribution in [-0.2, 0) is 9.59 Å². The topological polar surface area (TPSA) is 58.2 Å². The fourth-order valence-electron chi connectivity index (χ4n) is 1.83. The molecule has 0 spiro atoms. The molecular weight excluding hydrogens is 403 g/mol. The van der Waals surface area contributed by atoms with Gasteiger partial charge in [0.1, 0.15) is 0 Å². The highest BCUT2D eigenvalue weighted by atomic mass is 35.5. The Morgan fingerprint density at radius 3 is 2.32 bits per heavy atom. The van der Waals surface area contributed by atoms with Crippen molar-refractivity contribution in [2.45, 2.75) is 12.2 Å². The van der Waals surface area contributed by atoms with Crippen molar-refractivity contribution in [3.63, 3.8) is 0 Å². The molecule has 0 aliphatic rings. The summed E-state index contributed by atoms with van der Waals surface area (Å²) < 4.78 is 0. The lowest BCUT2D eigenvalue weighted by Crippen LogP contribution is -2.25. The van der Waals surface area contributed by atoms with Crippen molar-refractivity contribution in [2.24, 2.45) is 0 Å². The van der Waals surface area contributed by atoms with Crippen LogP contribution in [0.1, 0.15) is 6.92 Å². The highest BCUT2D eigenvalue weighted by molar-refractivity contribution is 8.01. The number of benzene rings is 2. The van der Waals surface area contributed by atoms with Crippen molar-refractivity contribution in [2.75, 3.05) is 16.4 Å². The van der Waals surface area contributed by atoms with Crippen molar-refractivity contribution < 1.29 is 9.59 Å². The molecule has 0 aromatic heterocycles. The smallest absolute Gasteiger partial charge is 0.237 e. The molecule has 2 aromatic carbocycles. The standard InChI is InChI=1S/C17H15Cl3N2O2S/c1-10(17(24)22-15-8-12(19)4-7-14(15)20)25-9-16(23)21-13-5-2-11(18)3-6-13/h2-8,10H,9H2,1H3,(H,21,23)(H,22,24). The van der Waals surface area contributed by atoms with Crippen molar-refractivity contribution in [3.05, 3.63) is 57.5 Å². The predicted octanol–water partition coefficient (Wildman–Crippen LogP) is 5.35. The third-order valence-corrected chi connectivity index (χ3v) is 5.11. The molecule has 8 heteroatoms. The Labute approximate surface area is 165 Å². The van der Waals surface area contributed by atoms with Crippen LogP contribution in [0.5, 0.6) is 0 Å². The van der Waals surface area contributed by atoms with Gasteiger partial charge in [-0.05, 0) is 49.4 Å². The Morgan fingerprint density at radius 1 is 1.00 bits per heavy atom. The molecule has 0 fully saturated rings. The highest BCUT2D eigenvalue weighted by Crippen LogP contribution is 2.26. The Kier molecular flexibility index (Phi) is 7.44. The fourth-order valence-corrected chi connectivity index (χ4v) is 2.98. The maximum atomic E-state index is 12.2. The monoisotopic (exact) mass is 416 g/mol. The van der Waals surface area contributed by atoms with Crippen LogP contribution in [0, 0.1) is 0 Å². The van der Waals surface area contributed by atoms with E-state index in [9.17, 15) is 9.59 Å². The molecule has 0 saturated heterocycles. The van der Waals surface area contributed by atoms with E-state index < -0.39 is 5.25 Å². The molecule has 0 bridgehead atoms. The first-order valence-electron chi connectivity index (χ1n) is 7.28. The van der Waals surface area contributed by atoms with Gasteiger partial charge in [0.25, 0.3) is 0 Å². The normalized spacial score (nSPS) is 11.7. The quantitative estimate of drug-likeness (QED) is 0.666. The molecule has 0 aliphatic heterocycles. The first-order chi connectivity index (χ1) is 11.8. The molecule has 2 rings (SSSR count). The van der Waals surface area contributed by atoms with E-state index in [1.54, 1.807) is 49.4 Å². The molecule has 0 heterocycles. The zero-order chi connectivity index (χ0) is 18.4. The van der Waals surface area contributed by atoms with Gasteiger partial charge in [-0.25, -0.2) is 0 Å². The summed E-state index contributed by atoms with van der Waals surface area (Å²) in [5.41, 5.74) is 1.09. The minimum atomic E-state index is -0.439. The maximum Gasteiger partial charge on any atom is 0.237 e. The molecule has 1 atom stereocenters. The van der Waals surface area contributed by atoms with Crippen LogP contribution in [-0.4, -0.2) is 22.8 Å². The summed E-state index contributed by atoms with van der Waals surface area (Å²) in [6.07, 6.45) is 0. The molecule has 25 heavy (non-hydrogen) atoms. The maximum absolute atomic E-state index is 12.2. The van der Waals surface area contributed by atoms with E-state index in [1.807, 2.05) is 0 Å². The zero-order valence-electron chi connectivity index (χ0n) is 13.2. The predicted molar refractivity (Wildman–Crippen MR) is 107 cm³/mol. The number of carbonyl (C=O) groups is 2. The molecule has 2 amide bonds. The second-order valence-corrected chi connectivity index (χ2v) is 7.73. The van der Waals surface area contributed by atoms with E-state index in [2.05, 4.69) is 10.6 Å². The number of hydrogen-bond donors (Lipinski definition) is 2. The number of halogens is 3. The number of anilines is 2. The molecule has 2 aromatic rings. The van der Waals surface area contributed by atoms with Crippen LogP contribution in [0.4, 0.5) is 11.4 Å². The lowest BCUT2D eigenvalue weighted by atomic mass is 10.3. The first kappa shape index (κ1) is 19.9. The number of nitrogens with one attached hydrogen (secondary N) is 2. The van der Waals surface area contributed by atoms with E-state index in [4.69, 9.17) is 34.8 Å². The van der Waals surface area contributed by atoms with E-state index in [-0.39, 0.29) is 17.6 Å². The molecular formula is C17H15Cl3N2O2S. The third kappa shape index (κ3) is 6.44. The largest absolute Gasteiger partial charge is 0.325 e. The Balaban J connectivity index is 1.83. The third-order valence-electron chi connectivity index (χ3n) is 3.15. The highest BCUT2D eigenvalue weighted by Gasteiger charge is 2.16. The van der Waals surface area contributed by atoms with E-state index in [0.29, 0.717) is 26.4 Å². The number of carbonyl (C=O) groups excluding carboxylic acids is 2. The van der Waals surface area contributed by atoms with Crippen LogP contribution in [0.2, 0.25) is 15.1 Å². The molecule has 0 radical (unpaired) electrons. The molecule has 0 saturated carbocycles. The van der Waals surface area contributed by atoms with Gasteiger partial charge in [-0.15, -0.1) is 11.8 Å². The Morgan fingerprint density at radius 2 is 1.64 bits per heavy atom. The lowest BCUT2D eigenvalue weighted by Gasteiger charge is -2.13. The SMILES string of the molecule is CC(SCC(=O)Nc1ccc(Cl)cc1)C(=O)Nc1cc(Cl)ccc1Cl. The van der Waals surface area contributed by atoms with Gasteiger partial charge in [0.05, 0.1) is 21.7 Å². The Hall–Kier alpha value is -1.40. The number of thioether (sulfide) groups is 1. The summed E-state index contributed by atoms with van der Waals surface area (Å²) in [5.74, 6) is -0.318. The van der Waals surface area contributed by atoms with Gasteiger partial charge in [-0.2, -0.15) is 0 Å². The van der Waals surface area contributed by atoms with Crippen LogP contribution >= 0.6 is 46.6 Å². The average Bonchev–Trinajstić information content (AvgIpc) is 2.58. The van der Waals surface area contributed by atoms with Crippen molar-refractivity contribution >= 4 is 69.8 Å². The number of rotatable bonds is 6. The van der Waals surface area contributed by atoms with E-state index in [0.717, 1.165) is 0 Å². The lowest BCUT2D eigenvalue weighted by molar-refractivity contribution is -0.115. The minimum absolute atomic E-state index is 0.139. The molecule has 2 N–H and O–H groups in total. The van der Waals surface area contributed by atoms with Crippen LogP contribution in [0.25, 0.3) is 0 Å². The molecule has 1 unspecified atom stereocenters. The summed E-state index contributed by atoms with van der Waals surface area (Å²) in [7, 11) is 0. The van der Waals surface area contributed by atoms with Crippen LogP contribution in [0.3, 0.4) is 0 Å². The van der Waals surface area contributed by atoms with Crippen LogP contribution < -0.4 is 10.6 Å². The zero-order valence-corrected chi connectivity index (χ0v) is 16.3.